The molecule has 0 atom stereocenters. The predicted octanol–water partition coefficient (Wildman–Crippen LogP) is 3.57. The topological polar surface area (TPSA) is 69.0 Å². The van der Waals surface area contributed by atoms with Crippen LogP contribution in [0.3, 0.4) is 0 Å². The molecule has 3 aromatic rings. The number of hydrogen-bond acceptors (Lipinski definition) is 6. The number of rotatable bonds is 8. The van der Waals surface area contributed by atoms with Gasteiger partial charge in [-0.15, -0.1) is 10.2 Å². The van der Waals surface area contributed by atoms with Crippen molar-refractivity contribution in [1.82, 2.24) is 14.8 Å². The van der Waals surface area contributed by atoms with Crippen molar-refractivity contribution in [3.8, 4) is 0 Å². The number of aromatic nitrogens is 3. The third kappa shape index (κ3) is 5.59. The molecule has 0 saturated carbocycles. The normalized spacial score (nSPS) is 10.6. The van der Waals surface area contributed by atoms with Crippen molar-refractivity contribution >= 4 is 23.4 Å². The molecule has 6 nitrogen and oxygen atoms in total. The fourth-order valence-electron chi connectivity index (χ4n) is 2.38. The van der Waals surface area contributed by atoms with Crippen LogP contribution in [0.2, 0.25) is 0 Å². The number of carbonyl (C=O) groups is 1. The molecule has 7 heteroatoms. The van der Waals surface area contributed by atoms with Crippen molar-refractivity contribution in [3.63, 3.8) is 0 Å². The van der Waals surface area contributed by atoms with Gasteiger partial charge < -0.3 is 14.6 Å². The summed E-state index contributed by atoms with van der Waals surface area (Å²) in [5.41, 5.74) is 3.22. The van der Waals surface area contributed by atoms with Gasteiger partial charge in [0.25, 0.3) is 0 Å². The van der Waals surface area contributed by atoms with E-state index in [9.17, 15) is 4.79 Å². The number of nitrogens with one attached hydrogen (secondary N) is 1. The highest BCUT2D eigenvalue weighted by Gasteiger charge is 2.12. The van der Waals surface area contributed by atoms with Crippen LogP contribution in [0.15, 0.2) is 59.8 Å². The number of carbonyl (C=O) groups excluding carboxylic acids is 1. The van der Waals surface area contributed by atoms with E-state index in [1.54, 1.807) is 0 Å². The van der Waals surface area contributed by atoms with Crippen LogP contribution in [0, 0.1) is 6.92 Å². The van der Waals surface area contributed by atoms with E-state index in [1.165, 1.54) is 17.3 Å². The van der Waals surface area contributed by atoms with Gasteiger partial charge in [0.05, 0.1) is 12.3 Å². The largest absolute Gasteiger partial charge is 0.460 e. The number of benzene rings is 2. The molecule has 0 amide bonds. The zero-order valence-corrected chi connectivity index (χ0v) is 16.2. The first-order valence-electron chi connectivity index (χ1n) is 8.63. The SMILES string of the molecule is Cc1ccc(NCc2nnc(SCC(=O)OCc3ccccc3)n2C)cc1. The highest BCUT2D eigenvalue weighted by atomic mass is 32.2. The molecule has 0 radical (unpaired) electrons. The molecule has 140 valence electrons. The minimum absolute atomic E-state index is 0.199. The average Bonchev–Trinajstić information content (AvgIpc) is 3.05. The molecule has 0 spiro atoms. The third-order valence-corrected chi connectivity index (χ3v) is 4.98. The Kier molecular flexibility index (Phi) is 6.49. The van der Waals surface area contributed by atoms with Gasteiger partial charge in [-0.2, -0.15) is 0 Å². The van der Waals surface area contributed by atoms with Crippen molar-refractivity contribution in [2.45, 2.75) is 25.2 Å². The molecule has 0 aliphatic rings. The summed E-state index contributed by atoms with van der Waals surface area (Å²) >= 11 is 1.32. The lowest BCUT2D eigenvalue weighted by atomic mass is 10.2. The lowest BCUT2D eigenvalue weighted by Gasteiger charge is -2.07. The first-order chi connectivity index (χ1) is 13.1. The van der Waals surface area contributed by atoms with E-state index >= 15 is 0 Å². The smallest absolute Gasteiger partial charge is 0.316 e. The van der Waals surface area contributed by atoms with Crippen LogP contribution in [0.25, 0.3) is 0 Å². The van der Waals surface area contributed by atoms with Crippen molar-refractivity contribution in [2.75, 3.05) is 11.1 Å². The minimum atomic E-state index is -0.272. The second-order valence-electron chi connectivity index (χ2n) is 6.11. The first-order valence-corrected chi connectivity index (χ1v) is 9.61. The van der Waals surface area contributed by atoms with Gasteiger partial charge in [0.2, 0.25) is 0 Å². The molecular formula is C20H22N4O2S. The molecular weight excluding hydrogens is 360 g/mol. The molecule has 2 aromatic carbocycles. The first kappa shape index (κ1) is 19.0. The van der Waals surface area contributed by atoms with Gasteiger partial charge in [0, 0.05) is 12.7 Å². The highest BCUT2D eigenvalue weighted by Crippen LogP contribution is 2.17. The summed E-state index contributed by atoms with van der Waals surface area (Å²) in [6, 6.07) is 17.8. The zero-order valence-electron chi connectivity index (χ0n) is 15.4. The van der Waals surface area contributed by atoms with E-state index in [4.69, 9.17) is 4.74 Å². The molecule has 1 aromatic heterocycles. The number of anilines is 1. The van der Waals surface area contributed by atoms with E-state index in [0.29, 0.717) is 11.7 Å². The van der Waals surface area contributed by atoms with E-state index in [1.807, 2.05) is 54.1 Å². The van der Waals surface area contributed by atoms with Crippen LogP contribution in [-0.2, 0) is 29.7 Å². The summed E-state index contributed by atoms with van der Waals surface area (Å²) in [6.07, 6.45) is 0. The van der Waals surface area contributed by atoms with E-state index in [0.717, 1.165) is 17.1 Å². The molecule has 0 fully saturated rings. The molecule has 27 heavy (non-hydrogen) atoms. The van der Waals surface area contributed by atoms with Gasteiger partial charge in [0.15, 0.2) is 11.0 Å². The Morgan fingerprint density at radius 3 is 2.59 bits per heavy atom. The van der Waals surface area contributed by atoms with Crippen molar-refractivity contribution in [1.29, 1.82) is 0 Å². The van der Waals surface area contributed by atoms with Crippen LogP contribution in [-0.4, -0.2) is 26.5 Å². The Morgan fingerprint density at radius 2 is 1.85 bits per heavy atom. The summed E-state index contributed by atoms with van der Waals surface area (Å²) in [5, 5.41) is 12.4. The number of esters is 1. The molecule has 0 aliphatic heterocycles. The maximum atomic E-state index is 11.9. The molecule has 0 saturated heterocycles. The number of nitrogens with zero attached hydrogens (tertiary/aromatic N) is 3. The summed E-state index contributed by atoms with van der Waals surface area (Å²) in [7, 11) is 1.89. The van der Waals surface area contributed by atoms with Crippen LogP contribution in [0.1, 0.15) is 17.0 Å². The van der Waals surface area contributed by atoms with E-state index < -0.39 is 0 Å². The molecule has 0 bridgehead atoms. The highest BCUT2D eigenvalue weighted by molar-refractivity contribution is 7.99. The van der Waals surface area contributed by atoms with Crippen LogP contribution in [0.5, 0.6) is 0 Å². The Bertz CT molecular complexity index is 879. The minimum Gasteiger partial charge on any atom is -0.460 e. The van der Waals surface area contributed by atoms with Crippen molar-refractivity contribution in [2.24, 2.45) is 7.05 Å². The number of thioether (sulfide) groups is 1. The van der Waals surface area contributed by atoms with Gasteiger partial charge in [-0.3, -0.25) is 4.79 Å². The van der Waals surface area contributed by atoms with E-state index in [2.05, 4.69) is 34.6 Å². The quantitative estimate of drug-likeness (QED) is 0.474. The van der Waals surface area contributed by atoms with Crippen LogP contribution in [0.4, 0.5) is 5.69 Å². The van der Waals surface area contributed by atoms with Crippen molar-refractivity contribution in [3.05, 3.63) is 71.5 Å². The van der Waals surface area contributed by atoms with Gasteiger partial charge in [0.1, 0.15) is 6.61 Å². The lowest BCUT2D eigenvalue weighted by Crippen LogP contribution is -2.09. The standard InChI is InChI=1S/C20H22N4O2S/c1-15-8-10-17(11-9-15)21-12-18-22-23-20(24(18)2)27-14-19(25)26-13-16-6-4-3-5-7-16/h3-11,21H,12-14H2,1-2H3. The molecule has 3 rings (SSSR count). The second kappa shape index (κ2) is 9.23. The zero-order chi connectivity index (χ0) is 19.1. The maximum absolute atomic E-state index is 11.9. The summed E-state index contributed by atoms with van der Waals surface area (Å²) in [4.78, 5) is 11.9. The second-order valence-corrected chi connectivity index (χ2v) is 7.05. The molecule has 0 unspecified atom stereocenters. The van der Waals surface area contributed by atoms with E-state index in [-0.39, 0.29) is 18.3 Å². The Morgan fingerprint density at radius 1 is 1.11 bits per heavy atom. The fraction of sp³-hybridized carbons (Fsp3) is 0.250. The van der Waals surface area contributed by atoms with Crippen LogP contribution >= 0.6 is 11.8 Å². The monoisotopic (exact) mass is 382 g/mol. The Hall–Kier alpha value is -2.80. The summed E-state index contributed by atoms with van der Waals surface area (Å²) in [6.45, 7) is 2.90. The lowest BCUT2D eigenvalue weighted by molar-refractivity contribution is -0.141. The fourth-order valence-corrected chi connectivity index (χ4v) is 3.11. The molecule has 1 heterocycles. The summed E-state index contributed by atoms with van der Waals surface area (Å²) in [5.74, 6) is 0.728. The Balaban J connectivity index is 1.46. The van der Waals surface area contributed by atoms with Crippen molar-refractivity contribution < 1.29 is 9.53 Å². The van der Waals surface area contributed by atoms with Gasteiger partial charge in [-0.1, -0.05) is 59.8 Å². The van der Waals surface area contributed by atoms with Gasteiger partial charge >= 0.3 is 5.97 Å². The maximum Gasteiger partial charge on any atom is 0.316 e. The van der Waals surface area contributed by atoms with Gasteiger partial charge in [-0.05, 0) is 24.6 Å². The van der Waals surface area contributed by atoms with Gasteiger partial charge in [-0.25, -0.2) is 0 Å². The molecule has 0 aliphatic carbocycles. The number of ether oxygens (including phenoxy) is 1. The summed E-state index contributed by atoms with van der Waals surface area (Å²) < 4.78 is 7.17. The Labute approximate surface area is 163 Å². The molecule has 1 N–H and O–H groups in total. The van der Waals surface area contributed by atoms with Crippen LogP contribution < -0.4 is 5.32 Å². The number of hydrogen-bond donors (Lipinski definition) is 1. The predicted molar refractivity (Wildman–Crippen MR) is 106 cm³/mol. The average molecular weight is 382 g/mol. The third-order valence-electron chi connectivity index (χ3n) is 3.99. The number of aryl methyl sites for hydroxylation is 1.